The van der Waals surface area contributed by atoms with Gasteiger partial charge >= 0.3 is 12.1 Å². The van der Waals surface area contributed by atoms with Crippen molar-refractivity contribution in [1.82, 2.24) is 14.5 Å². The maximum atomic E-state index is 13.4. The molecule has 2 aliphatic rings. The molecule has 3 amide bonds. The molecule has 250 valence electrons. The lowest BCUT2D eigenvalue weighted by Gasteiger charge is -2.27. The van der Waals surface area contributed by atoms with Crippen LogP contribution in [-0.4, -0.2) is 96.6 Å². The van der Waals surface area contributed by atoms with E-state index in [2.05, 4.69) is 10.6 Å². The third kappa shape index (κ3) is 8.42. The first-order chi connectivity index (χ1) is 21.6. The Balaban J connectivity index is 1.41. The van der Waals surface area contributed by atoms with Gasteiger partial charge in [-0.15, -0.1) is 0 Å². The van der Waals surface area contributed by atoms with E-state index in [4.69, 9.17) is 9.47 Å². The van der Waals surface area contributed by atoms with Crippen molar-refractivity contribution in [3.05, 3.63) is 59.7 Å². The number of amides is 3. The smallest absolute Gasteiger partial charge is 0.411 e. The monoisotopic (exact) mass is 658 g/mol. The fourth-order valence-electron chi connectivity index (χ4n) is 5.51. The van der Waals surface area contributed by atoms with Crippen LogP contribution in [0.3, 0.4) is 0 Å². The van der Waals surface area contributed by atoms with Gasteiger partial charge in [0.15, 0.2) is 0 Å². The van der Waals surface area contributed by atoms with E-state index in [0.29, 0.717) is 24.1 Å². The van der Waals surface area contributed by atoms with Crippen LogP contribution < -0.4 is 10.6 Å². The number of likely N-dealkylation sites (tertiary alicyclic amines) is 1. The number of aliphatic hydroxyl groups is 1. The quantitative estimate of drug-likeness (QED) is 0.342. The largest absolute Gasteiger partial charge is 0.467 e. The van der Waals surface area contributed by atoms with E-state index in [1.54, 1.807) is 57.2 Å². The minimum absolute atomic E-state index is 0.0247. The number of ether oxygens (including phenoxy) is 2. The second-order valence-corrected chi connectivity index (χ2v) is 14.5. The molecule has 4 atom stereocenters. The van der Waals surface area contributed by atoms with Gasteiger partial charge in [-0.25, -0.2) is 18.0 Å². The number of methoxy groups -OCH3 is 1. The molecule has 0 aliphatic carbocycles. The average molecular weight is 659 g/mol. The summed E-state index contributed by atoms with van der Waals surface area (Å²) in [6.07, 6.45) is -0.643. The Hall–Kier alpha value is -4.01. The maximum absolute atomic E-state index is 13.4. The molecule has 0 aromatic heterocycles. The molecule has 4 rings (SSSR count). The Morgan fingerprint density at radius 1 is 1.00 bits per heavy atom. The summed E-state index contributed by atoms with van der Waals surface area (Å²) in [4.78, 5) is 53.0. The van der Waals surface area contributed by atoms with Gasteiger partial charge in [0.05, 0.1) is 24.7 Å². The van der Waals surface area contributed by atoms with E-state index in [1.807, 2.05) is 6.92 Å². The van der Waals surface area contributed by atoms with Gasteiger partial charge in [-0.1, -0.05) is 29.8 Å². The Morgan fingerprint density at radius 2 is 1.65 bits per heavy atom. The van der Waals surface area contributed by atoms with Crippen LogP contribution >= 0.6 is 0 Å². The van der Waals surface area contributed by atoms with E-state index in [-0.39, 0.29) is 30.8 Å². The van der Waals surface area contributed by atoms with Crippen molar-refractivity contribution in [2.45, 2.75) is 88.1 Å². The van der Waals surface area contributed by atoms with Gasteiger partial charge in [-0.2, -0.15) is 4.31 Å². The van der Waals surface area contributed by atoms with Gasteiger partial charge in [-0.3, -0.25) is 14.5 Å². The van der Waals surface area contributed by atoms with Crippen LogP contribution in [0.15, 0.2) is 53.4 Å². The first-order valence-corrected chi connectivity index (χ1v) is 16.6. The van der Waals surface area contributed by atoms with Gasteiger partial charge < -0.3 is 25.2 Å². The Bertz CT molecular complexity index is 1540. The van der Waals surface area contributed by atoms with E-state index >= 15 is 0 Å². The highest BCUT2D eigenvalue weighted by molar-refractivity contribution is 7.89. The van der Waals surface area contributed by atoms with Gasteiger partial charge in [0, 0.05) is 25.1 Å². The van der Waals surface area contributed by atoms with Crippen molar-refractivity contribution in [3.63, 3.8) is 0 Å². The number of hydrogen-bond acceptors (Lipinski definition) is 9. The molecule has 46 heavy (non-hydrogen) atoms. The summed E-state index contributed by atoms with van der Waals surface area (Å²) in [7, 11) is -2.73. The Labute approximate surface area is 269 Å². The minimum Gasteiger partial charge on any atom is -0.467 e. The van der Waals surface area contributed by atoms with Crippen LogP contribution in [0.25, 0.3) is 0 Å². The third-order valence-electron chi connectivity index (χ3n) is 7.81. The number of carbonyl (C=O) groups excluding carboxylic acids is 4. The topological polar surface area (TPSA) is 172 Å². The Morgan fingerprint density at radius 3 is 2.26 bits per heavy atom. The zero-order valence-electron chi connectivity index (χ0n) is 26.7. The van der Waals surface area contributed by atoms with Crippen LogP contribution in [0, 0.1) is 6.92 Å². The summed E-state index contributed by atoms with van der Waals surface area (Å²) < 4.78 is 38.1. The first kappa shape index (κ1) is 34.9. The molecule has 0 saturated carbocycles. The van der Waals surface area contributed by atoms with E-state index in [9.17, 15) is 32.7 Å². The molecule has 2 aromatic rings. The normalized spacial score (nSPS) is 21.0. The zero-order valence-corrected chi connectivity index (χ0v) is 27.5. The lowest BCUT2D eigenvalue weighted by molar-refractivity contribution is -0.145. The molecule has 2 saturated heterocycles. The fourth-order valence-corrected chi connectivity index (χ4v) is 7.17. The maximum Gasteiger partial charge on any atom is 0.411 e. The van der Waals surface area contributed by atoms with E-state index in [1.165, 1.54) is 28.4 Å². The number of aliphatic hydroxyl groups excluding tert-OH is 1. The van der Waals surface area contributed by atoms with E-state index < -0.39 is 63.7 Å². The van der Waals surface area contributed by atoms with Crippen molar-refractivity contribution < 1.29 is 42.2 Å². The molecule has 0 bridgehead atoms. The van der Waals surface area contributed by atoms with E-state index in [0.717, 1.165) is 5.56 Å². The van der Waals surface area contributed by atoms with Crippen molar-refractivity contribution in [1.29, 1.82) is 0 Å². The van der Waals surface area contributed by atoms with Crippen LogP contribution in [0.4, 0.5) is 10.5 Å². The molecule has 2 unspecified atom stereocenters. The van der Waals surface area contributed by atoms with Crippen molar-refractivity contribution >= 4 is 39.6 Å². The summed E-state index contributed by atoms with van der Waals surface area (Å²) in [5.41, 5.74) is 1.19. The SMILES string of the molecule is COC(=O)[C@H](Cc1ccc(NC(=O)C2CC(O)CN2C(=O)OC(C)(C)C)cc1)NC(=O)[C@@H]1CCCN1S(=O)(=O)c1ccc(C)cc1. The number of anilines is 1. The number of benzene rings is 2. The van der Waals surface area contributed by atoms with Gasteiger partial charge in [0.25, 0.3) is 0 Å². The minimum atomic E-state index is -3.93. The molecule has 0 spiro atoms. The summed E-state index contributed by atoms with van der Waals surface area (Å²) in [6, 6.07) is 9.96. The van der Waals surface area contributed by atoms with Gasteiger partial charge in [0.1, 0.15) is 23.7 Å². The number of β-amino-alcohol motifs (C(OH)–C–C–N with tert-alkyl or cyclic N) is 1. The predicted molar refractivity (Wildman–Crippen MR) is 168 cm³/mol. The van der Waals surface area contributed by atoms with Crippen molar-refractivity contribution in [2.24, 2.45) is 0 Å². The molecule has 2 aliphatic heterocycles. The second-order valence-electron chi connectivity index (χ2n) is 12.6. The summed E-state index contributed by atoms with van der Waals surface area (Å²) in [5, 5.41) is 15.6. The lowest BCUT2D eigenvalue weighted by Crippen LogP contribution is -2.51. The van der Waals surface area contributed by atoms with Crippen LogP contribution in [-0.2, 0) is 40.3 Å². The molecule has 2 heterocycles. The molecule has 0 radical (unpaired) electrons. The van der Waals surface area contributed by atoms with Gasteiger partial charge in [-0.05, 0) is 70.4 Å². The molecule has 14 heteroatoms. The number of esters is 1. The predicted octanol–water partition coefficient (Wildman–Crippen LogP) is 2.36. The molecular weight excluding hydrogens is 616 g/mol. The molecular formula is C32H42N4O9S. The molecule has 13 nitrogen and oxygen atoms in total. The van der Waals surface area contributed by atoms with Gasteiger partial charge in [0.2, 0.25) is 21.8 Å². The first-order valence-electron chi connectivity index (χ1n) is 15.1. The zero-order chi connectivity index (χ0) is 33.8. The number of sulfonamides is 1. The number of nitrogens with zero attached hydrogens (tertiary/aromatic N) is 2. The Kier molecular flexibility index (Phi) is 10.7. The standard InChI is InChI=1S/C32H42N4O9S/c1-20-8-14-24(15-9-20)46(42,43)36-16-6-7-26(36)28(38)34-25(30(40)44-5)17-21-10-12-22(13-11-21)33-29(39)27-18-23(37)19-35(27)31(41)45-32(2,3)4/h8-15,23,25-27,37H,6-7,16-19H2,1-5H3,(H,33,39)(H,34,38)/t23?,25-,26-,27?/m0/s1. The van der Waals surface area contributed by atoms with Crippen molar-refractivity contribution in [3.8, 4) is 0 Å². The number of carbonyl (C=O) groups is 4. The van der Waals surface area contributed by atoms with Crippen LogP contribution in [0.1, 0.15) is 51.2 Å². The van der Waals surface area contributed by atoms with Crippen LogP contribution in [0.2, 0.25) is 0 Å². The fraction of sp³-hybridized carbons (Fsp3) is 0.500. The van der Waals surface area contributed by atoms with Crippen LogP contribution in [0.5, 0.6) is 0 Å². The summed E-state index contributed by atoms with van der Waals surface area (Å²) >= 11 is 0. The molecule has 3 N–H and O–H groups in total. The third-order valence-corrected chi connectivity index (χ3v) is 9.73. The number of aryl methyl sites for hydroxylation is 1. The highest BCUT2D eigenvalue weighted by Gasteiger charge is 2.42. The summed E-state index contributed by atoms with van der Waals surface area (Å²) in [5.74, 6) is -1.78. The highest BCUT2D eigenvalue weighted by Crippen LogP contribution is 2.27. The second kappa shape index (κ2) is 14.2. The number of rotatable bonds is 9. The number of hydrogen-bond donors (Lipinski definition) is 3. The lowest BCUT2D eigenvalue weighted by atomic mass is 10.0. The average Bonchev–Trinajstić information content (AvgIpc) is 3.65. The number of nitrogens with one attached hydrogen (secondary N) is 2. The molecule has 2 aromatic carbocycles. The molecule has 2 fully saturated rings. The summed E-state index contributed by atoms with van der Waals surface area (Å²) in [6.45, 7) is 7.14. The van der Waals surface area contributed by atoms with Crippen molar-refractivity contribution in [2.75, 3.05) is 25.5 Å². The highest BCUT2D eigenvalue weighted by atomic mass is 32.2.